The van der Waals surface area contributed by atoms with Gasteiger partial charge in [-0.3, -0.25) is 0 Å². The van der Waals surface area contributed by atoms with Crippen LogP contribution in [0.2, 0.25) is 0 Å². The van der Waals surface area contributed by atoms with E-state index in [1.54, 1.807) is 19.0 Å². The molecule has 2 unspecified atom stereocenters. The van der Waals surface area contributed by atoms with Crippen molar-refractivity contribution in [3.8, 4) is 0 Å². The Balaban J connectivity index is 2.09. The van der Waals surface area contributed by atoms with E-state index in [0.717, 1.165) is 12.5 Å². The first-order chi connectivity index (χ1) is 7.65. The second-order valence-corrected chi connectivity index (χ2v) is 4.79. The molecule has 4 nitrogen and oxygen atoms in total. The summed E-state index contributed by atoms with van der Waals surface area (Å²) in [5, 5.41) is 6.41. The van der Waals surface area contributed by atoms with Crippen molar-refractivity contribution in [1.29, 1.82) is 0 Å². The van der Waals surface area contributed by atoms with Crippen molar-refractivity contribution >= 4 is 6.03 Å². The molecule has 0 heterocycles. The largest absolute Gasteiger partial charge is 0.337 e. The highest BCUT2D eigenvalue weighted by molar-refractivity contribution is 5.73. The van der Waals surface area contributed by atoms with Gasteiger partial charge in [0.05, 0.1) is 0 Å². The molecule has 1 aliphatic rings. The molecule has 0 bridgehead atoms. The van der Waals surface area contributed by atoms with Crippen molar-refractivity contribution in [2.75, 3.05) is 27.2 Å². The molecular formula is C12H25N3O. The fourth-order valence-corrected chi connectivity index (χ4v) is 2.38. The van der Waals surface area contributed by atoms with E-state index in [9.17, 15) is 4.79 Å². The highest BCUT2D eigenvalue weighted by Crippen LogP contribution is 2.27. The minimum atomic E-state index is -0.0136. The van der Waals surface area contributed by atoms with Crippen molar-refractivity contribution < 1.29 is 4.79 Å². The van der Waals surface area contributed by atoms with Crippen LogP contribution in [0, 0.1) is 5.92 Å². The summed E-state index contributed by atoms with van der Waals surface area (Å²) in [6, 6.07) is 0.654. The minimum absolute atomic E-state index is 0.0136. The maximum absolute atomic E-state index is 11.2. The van der Waals surface area contributed by atoms with E-state index in [1.807, 2.05) is 0 Å². The second-order valence-electron chi connectivity index (χ2n) is 4.79. The smallest absolute Gasteiger partial charge is 0.316 e. The third kappa shape index (κ3) is 4.00. The van der Waals surface area contributed by atoms with Crippen molar-refractivity contribution in [2.24, 2.45) is 5.92 Å². The van der Waals surface area contributed by atoms with Crippen LogP contribution in [0.5, 0.6) is 0 Å². The molecule has 0 aromatic heterocycles. The zero-order valence-electron chi connectivity index (χ0n) is 10.8. The Kier molecular flexibility index (Phi) is 5.60. The highest BCUT2D eigenvalue weighted by Gasteiger charge is 2.24. The molecule has 2 N–H and O–H groups in total. The SMILES string of the molecule is CCC1CCCC1NCCNC(=O)N(C)C. The molecule has 94 valence electrons. The van der Waals surface area contributed by atoms with Crippen LogP contribution in [0.1, 0.15) is 32.6 Å². The predicted molar refractivity (Wildman–Crippen MR) is 66.5 cm³/mol. The normalized spacial score (nSPS) is 24.4. The zero-order chi connectivity index (χ0) is 12.0. The molecule has 1 saturated carbocycles. The van der Waals surface area contributed by atoms with E-state index in [0.29, 0.717) is 12.6 Å². The molecule has 2 atom stereocenters. The van der Waals surface area contributed by atoms with Crippen LogP contribution < -0.4 is 10.6 Å². The summed E-state index contributed by atoms with van der Waals surface area (Å²) in [5.74, 6) is 0.838. The molecule has 1 rings (SSSR count). The van der Waals surface area contributed by atoms with Gasteiger partial charge in [0.2, 0.25) is 0 Å². The Hall–Kier alpha value is -0.770. The molecule has 0 spiro atoms. The summed E-state index contributed by atoms with van der Waals surface area (Å²) in [7, 11) is 3.51. The average molecular weight is 227 g/mol. The van der Waals surface area contributed by atoms with Crippen LogP contribution in [0.4, 0.5) is 4.79 Å². The standard InChI is InChI=1S/C12H25N3O/c1-4-10-6-5-7-11(10)13-8-9-14-12(16)15(2)3/h10-11,13H,4-9H2,1-3H3,(H,14,16). The molecule has 2 amide bonds. The molecule has 0 aliphatic heterocycles. The van der Waals surface area contributed by atoms with Gasteiger partial charge in [0.1, 0.15) is 0 Å². The lowest BCUT2D eigenvalue weighted by Gasteiger charge is -2.20. The Bertz CT molecular complexity index is 218. The number of rotatable bonds is 5. The Morgan fingerprint density at radius 3 is 2.69 bits per heavy atom. The van der Waals surface area contributed by atoms with Gasteiger partial charge in [-0.25, -0.2) is 4.79 Å². The number of hydrogen-bond acceptors (Lipinski definition) is 2. The fourth-order valence-electron chi connectivity index (χ4n) is 2.38. The summed E-state index contributed by atoms with van der Waals surface area (Å²) in [6.45, 7) is 3.85. The molecule has 1 fully saturated rings. The Labute approximate surface area is 98.8 Å². The predicted octanol–water partition coefficient (Wildman–Crippen LogP) is 1.43. The van der Waals surface area contributed by atoms with Gasteiger partial charge in [-0.05, 0) is 18.8 Å². The summed E-state index contributed by atoms with van der Waals surface area (Å²) in [4.78, 5) is 12.8. The van der Waals surface area contributed by atoms with E-state index >= 15 is 0 Å². The highest BCUT2D eigenvalue weighted by atomic mass is 16.2. The molecular weight excluding hydrogens is 202 g/mol. The molecule has 0 aromatic rings. The van der Waals surface area contributed by atoms with Gasteiger partial charge in [-0.15, -0.1) is 0 Å². The summed E-state index contributed by atoms with van der Waals surface area (Å²) >= 11 is 0. The number of amides is 2. The van der Waals surface area contributed by atoms with Crippen LogP contribution in [0.15, 0.2) is 0 Å². The zero-order valence-corrected chi connectivity index (χ0v) is 10.8. The summed E-state index contributed by atoms with van der Waals surface area (Å²) in [6.07, 6.45) is 5.26. The lowest BCUT2D eigenvalue weighted by atomic mass is 10.0. The first kappa shape index (κ1) is 13.3. The number of nitrogens with one attached hydrogen (secondary N) is 2. The van der Waals surface area contributed by atoms with E-state index in [1.165, 1.54) is 25.7 Å². The van der Waals surface area contributed by atoms with Gasteiger partial charge in [0, 0.05) is 33.2 Å². The topological polar surface area (TPSA) is 44.4 Å². The van der Waals surface area contributed by atoms with Crippen LogP contribution in [0.25, 0.3) is 0 Å². The number of urea groups is 1. The Morgan fingerprint density at radius 2 is 2.06 bits per heavy atom. The summed E-state index contributed by atoms with van der Waals surface area (Å²) in [5.41, 5.74) is 0. The quantitative estimate of drug-likeness (QED) is 0.698. The van der Waals surface area contributed by atoms with E-state index in [4.69, 9.17) is 0 Å². The molecule has 1 aliphatic carbocycles. The van der Waals surface area contributed by atoms with Gasteiger partial charge >= 0.3 is 6.03 Å². The van der Waals surface area contributed by atoms with Crippen molar-refractivity contribution in [2.45, 2.75) is 38.6 Å². The molecule has 0 saturated heterocycles. The van der Waals surface area contributed by atoms with Crippen LogP contribution >= 0.6 is 0 Å². The van der Waals surface area contributed by atoms with Crippen molar-refractivity contribution in [1.82, 2.24) is 15.5 Å². The first-order valence-electron chi connectivity index (χ1n) is 6.33. The maximum atomic E-state index is 11.2. The number of carbonyl (C=O) groups excluding carboxylic acids is 1. The summed E-state index contributed by atoms with van der Waals surface area (Å²) < 4.78 is 0. The minimum Gasteiger partial charge on any atom is -0.337 e. The van der Waals surface area contributed by atoms with Gasteiger partial charge in [-0.2, -0.15) is 0 Å². The molecule has 16 heavy (non-hydrogen) atoms. The third-order valence-corrected chi connectivity index (χ3v) is 3.40. The fraction of sp³-hybridized carbons (Fsp3) is 0.917. The lowest BCUT2D eigenvalue weighted by Crippen LogP contribution is -2.41. The second kappa shape index (κ2) is 6.74. The molecule has 4 heteroatoms. The molecule has 0 aromatic carbocycles. The van der Waals surface area contributed by atoms with Crippen LogP contribution in [-0.4, -0.2) is 44.2 Å². The number of nitrogens with zero attached hydrogens (tertiary/aromatic N) is 1. The monoisotopic (exact) mass is 227 g/mol. The number of hydrogen-bond donors (Lipinski definition) is 2. The molecule has 0 radical (unpaired) electrons. The maximum Gasteiger partial charge on any atom is 0.316 e. The van der Waals surface area contributed by atoms with Crippen molar-refractivity contribution in [3.05, 3.63) is 0 Å². The lowest BCUT2D eigenvalue weighted by molar-refractivity contribution is 0.217. The average Bonchev–Trinajstić information content (AvgIpc) is 2.71. The van der Waals surface area contributed by atoms with Crippen LogP contribution in [-0.2, 0) is 0 Å². The van der Waals surface area contributed by atoms with Gasteiger partial charge in [0.15, 0.2) is 0 Å². The van der Waals surface area contributed by atoms with E-state index < -0.39 is 0 Å². The van der Waals surface area contributed by atoms with Crippen molar-refractivity contribution in [3.63, 3.8) is 0 Å². The van der Waals surface area contributed by atoms with Crippen LogP contribution in [0.3, 0.4) is 0 Å². The van der Waals surface area contributed by atoms with E-state index in [2.05, 4.69) is 17.6 Å². The Morgan fingerprint density at radius 1 is 1.31 bits per heavy atom. The van der Waals surface area contributed by atoms with Gasteiger partial charge < -0.3 is 15.5 Å². The first-order valence-corrected chi connectivity index (χ1v) is 6.33. The van der Waals surface area contributed by atoms with E-state index in [-0.39, 0.29) is 6.03 Å². The van der Waals surface area contributed by atoms with Gasteiger partial charge in [-0.1, -0.05) is 19.8 Å². The third-order valence-electron chi connectivity index (χ3n) is 3.40. The van der Waals surface area contributed by atoms with Gasteiger partial charge in [0.25, 0.3) is 0 Å². The number of carbonyl (C=O) groups is 1.